The van der Waals surface area contributed by atoms with Crippen molar-refractivity contribution in [3.8, 4) is 0 Å². The molecule has 0 aromatic carbocycles. The number of hydrogen-bond donors (Lipinski definition) is 1. The van der Waals surface area contributed by atoms with Gasteiger partial charge in [-0.25, -0.2) is 0 Å². The fraction of sp³-hybridized carbons (Fsp3) is 0.444. The molecule has 1 saturated heterocycles. The van der Waals surface area contributed by atoms with E-state index in [0.717, 1.165) is 5.56 Å². The number of rotatable bonds is 2. The van der Waals surface area contributed by atoms with Gasteiger partial charge in [-0.1, -0.05) is 11.6 Å². The molecule has 0 unspecified atom stereocenters. The number of amides is 1. The van der Waals surface area contributed by atoms with Crippen molar-refractivity contribution in [2.45, 2.75) is 13.0 Å². The molecule has 3 nitrogen and oxygen atoms in total. The van der Waals surface area contributed by atoms with Crippen molar-refractivity contribution in [3.05, 3.63) is 20.8 Å². The maximum absolute atomic E-state index is 11.6. The fourth-order valence-electron chi connectivity index (χ4n) is 1.15. The summed E-state index contributed by atoms with van der Waals surface area (Å²) >= 11 is 7.34. The van der Waals surface area contributed by atoms with Crippen LogP contribution in [0.15, 0.2) is 5.38 Å². The normalized spacial score (nSPS) is 16.4. The van der Waals surface area contributed by atoms with Gasteiger partial charge in [0.25, 0.3) is 5.91 Å². The summed E-state index contributed by atoms with van der Waals surface area (Å²) in [7, 11) is 0. The van der Waals surface area contributed by atoms with Crippen LogP contribution in [-0.4, -0.2) is 25.2 Å². The van der Waals surface area contributed by atoms with Crippen LogP contribution in [0.4, 0.5) is 0 Å². The molecule has 0 saturated carbocycles. The van der Waals surface area contributed by atoms with Crippen LogP contribution in [-0.2, 0) is 4.74 Å². The Labute approximate surface area is 91.0 Å². The number of carbonyl (C=O) groups is 1. The Morgan fingerprint density at radius 1 is 1.71 bits per heavy atom. The summed E-state index contributed by atoms with van der Waals surface area (Å²) in [6, 6.07) is 0.154. The van der Waals surface area contributed by atoms with Gasteiger partial charge in [0.15, 0.2) is 0 Å². The van der Waals surface area contributed by atoms with Crippen LogP contribution in [0.1, 0.15) is 15.2 Å². The molecule has 1 aromatic heterocycles. The van der Waals surface area contributed by atoms with Crippen molar-refractivity contribution in [1.82, 2.24) is 5.32 Å². The lowest BCUT2D eigenvalue weighted by Gasteiger charge is -2.26. The Morgan fingerprint density at radius 3 is 2.86 bits per heavy atom. The van der Waals surface area contributed by atoms with Gasteiger partial charge in [0, 0.05) is 0 Å². The van der Waals surface area contributed by atoms with Crippen LogP contribution in [0.2, 0.25) is 5.02 Å². The van der Waals surface area contributed by atoms with E-state index in [1.807, 2.05) is 12.3 Å². The minimum Gasteiger partial charge on any atom is -0.377 e. The molecule has 76 valence electrons. The van der Waals surface area contributed by atoms with Gasteiger partial charge in [-0.15, -0.1) is 11.3 Å². The number of ether oxygens (including phenoxy) is 1. The first-order valence-corrected chi connectivity index (χ1v) is 5.56. The summed E-state index contributed by atoms with van der Waals surface area (Å²) in [5.41, 5.74) is 0.951. The van der Waals surface area contributed by atoms with Crippen molar-refractivity contribution in [3.63, 3.8) is 0 Å². The standard InChI is InChI=1S/C9H10ClNO2S/c1-5-4-14-8(7(5)10)9(12)11-6-2-13-3-6/h4,6H,2-3H2,1H3,(H,11,12). The number of halogens is 1. The van der Waals surface area contributed by atoms with Crippen LogP contribution in [0.3, 0.4) is 0 Å². The highest BCUT2D eigenvalue weighted by Crippen LogP contribution is 2.27. The van der Waals surface area contributed by atoms with Crippen LogP contribution < -0.4 is 5.32 Å². The Hall–Kier alpha value is -0.580. The van der Waals surface area contributed by atoms with E-state index in [1.54, 1.807) is 0 Å². The van der Waals surface area contributed by atoms with Crippen molar-refractivity contribution in [2.24, 2.45) is 0 Å². The lowest BCUT2D eigenvalue weighted by molar-refractivity contribution is -0.00338. The van der Waals surface area contributed by atoms with Crippen molar-refractivity contribution < 1.29 is 9.53 Å². The predicted octanol–water partition coefficient (Wildman–Crippen LogP) is 1.84. The van der Waals surface area contributed by atoms with Gasteiger partial charge in [0.1, 0.15) is 4.88 Å². The van der Waals surface area contributed by atoms with E-state index in [4.69, 9.17) is 16.3 Å². The second-order valence-electron chi connectivity index (χ2n) is 3.27. The number of hydrogen-bond acceptors (Lipinski definition) is 3. The monoisotopic (exact) mass is 231 g/mol. The van der Waals surface area contributed by atoms with E-state index in [0.29, 0.717) is 23.1 Å². The highest BCUT2D eigenvalue weighted by atomic mass is 35.5. The van der Waals surface area contributed by atoms with E-state index in [1.165, 1.54) is 11.3 Å². The fourth-order valence-corrected chi connectivity index (χ4v) is 2.33. The Morgan fingerprint density at radius 2 is 2.43 bits per heavy atom. The molecule has 0 bridgehead atoms. The molecule has 1 aliphatic heterocycles. The summed E-state index contributed by atoms with van der Waals surface area (Å²) in [6.07, 6.45) is 0. The van der Waals surface area contributed by atoms with Crippen LogP contribution in [0, 0.1) is 6.92 Å². The van der Waals surface area contributed by atoms with Crippen LogP contribution in [0.25, 0.3) is 0 Å². The molecule has 0 radical (unpaired) electrons. The van der Waals surface area contributed by atoms with Gasteiger partial charge in [-0.05, 0) is 17.9 Å². The molecule has 0 aliphatic carbocycles. The quantitative estimate of drug-likeness (QED) is 0.844. The maximum atomic E-state index is 11.6. The molecule has 1 fully saturated rings. The second-order valence-corrected chi connectivity index (χ2v) is 4.53. The summed E-state index contributed by atoms with van der Waals surface area (Å²) in [5.74, 6) is -0.0959. The molecular weight excluding hydrogens is 222 g/mol. The number of aryl methyl sites for hydroxylation is 1. The first-order chi connectivity index (χ1) is 6.68. The topological polar surface area (TPSA) is 38.3 Å². The molecule has 14 heavy (non-hydrogen) atoms. The van der Waals surface area contributed by atoms with Gasteiger partial charge in [0.2, 0.25) is 0 Å². The highest BCUT2D eigenvalue weighted by molar-refractivity contribution is 7.13. The van der Waals surface area contributed by atoms with E-state index in [2.05, 4.69) is 5.32 Å². The largest absolute Gasteiger partial charge is 0.377 e. The number of nitrogens with one attached hydrogen (secondary N) is 1. The summed E-state index contributed by atoms with van der Waals surface area (Å²) < 4.78 is 4.96. The van der Waals surface area contributed by atoms with E-state index in [-0.39, 0.29) is 11.9 Å². The lowest BCUT2D eigenvalue weighted by Crippen LogP contribution is -2.48. The average molecular weight is 232 g/mol. The summed E-state index contributed by atoms with van der Waals surface area (Å²) in [6.45, 7) is 3.10. The molecule has 2 rings (SSSR count). The number of carbonyl (C=O) groups excluding carboxylic acids is 1. The number of thiophene rings is 1. The Balaban J connectivity index is 2.06. The first kappa shape index (κ1) is 9.96. The Kier molecular flexibility index (Phi) is 2.76. The summed E-state index contributed by atoms with van der Waals surface area (Å²) in [5, 5.41) is 5.30. The van der Waals surface area contributed by atoms with E-state index >= 15 is 0 Å². The zero-order valence-corrected chi connectivity index (χ0v) is 9.24. The summed E-state index contributed by atoms with van der Waals surface area (Å²) in [4.78, 5) is 12.2. The SMILES string of the molecule is Cc1csc(C(=O)NC2COC2)c1Cl. The molecule has 0 atom stereocenters. The first-order valence-electron chi connectivity index (χ1n) is 4.30. The molecule has 2 heterocycles. The third kappa shape index (κ3) is 1.78. The molecule has 0 spiro atoms. The minimum atomic E-state index is -0.0959. The third-order valence-corrected chi connectivity index (χ3v) is 3.77. The van der Waals surface area contributed by atoms with Crippen molar-refractivity contribution >= 4 is 28.8 Å². The zero-order valence-electron chi connectivity index (χ0n) is 7.67. The van der Waals surface area contributed by atoms with Crippen LogP contribution in [0.5, 0.6) is 0 Å². The molecule has 1 aliphatic rings. The maximum Gasteiger partial charge on any atom is 0.263 e. The van der Waals surface area contributed by atoms with Crippen molar-refractivity contribution in [2.75, 3.05) is 13.2 Å². The van der Waals surface area contributed by atoms with Gasteiger partial charge >= 0.3 is 0 Å². The second kappa shape index (κ2) is 3.88. The molecule has 5 heteroatoms. The molecule has 1 aromatic rings. The van der Waals surface area contributed by atoms with E-state index in [9.17, 15) is 4.79 Å². The van der Waals surface area contributed by atoms with Gasteiger partial charge in [-0.3, -0.25) is 4.79 Å². The zero-order chi connectivity index (χ0) is 10.1. The molecular formula is C9H10ClNO2S. The molecule has 1 amide bonds. The van der Waals surface area contributed by atoms with Gasteiger partial charge in [0.05, 0.1) is 24.3 Å². The minimum absolute atomic E-state index is 0.0959. The smallest absolute Gasteiger partial charge is 0.263 e. The lowest BCUT2D eigenvalue weighted by atomic mass is 10.2. The average Bonchev–Trinajstić information content (AvgIpc) is 2.41. The third-order valence-electron chi connectivity index (χ3n) is 2.08. The highest BCUT2D eigenvalue weighted by Gasteiger charge is 2.23. The van der Waals surface area contributed by atoms with Gasteiger partial charge < -0.3 is 10.1 Å². The van der Waals surface area contributed by atoms with Crippen molar-refractivity contribution in [1.29, 1.82) is 0 Å². The van der Waals surface area contributed by atoms with Gasteiger partial charge in [-0.2, -0.15) is 0 Å². The van der Waals surface area contributed by atoms with Crippen LogP contribution >= 0.6 is 22.9 Å². The Bertz CT molecular complexity index is 360. The van der Waals surface area contributed by atoms with E-state index < -0.39 is 0 Å². The predicted molar refractivity (Wildman–Crippen MR) is 56.1 cm³/mol. The molecule has 1 N–H and O–H groups in total.